The summed E-state index contributed by atoms with van der Waals surface area (Å²) < 4.78 is 0. The Hall–Kier alpha value is -6.00. The largest absolute Gasteiger partial charge is 0.371 e. The number of piperazine rings is 1. The molecule has 2 N–H and O–H groups in total. The number of H-pyrrole nitrogens is 1. The van der Waals surface area contributed by atoms with Crippen molar-refractivity contribution in [2.45, 2.75) is 51.9 Å². The van der Waals surface area contributed by atoms with Gasteiger partial charge in [-0.1, -0.05) is 26.8 Å². The molecule has 0 saturated carbocycles. The summed E-state index contributed by atoms with van der Waals surface area (Å²) in [6.07, 6.45) is 2.87. The number of anilines is 2. The highest BCUT2D eigenvalue weighted by atomic mass is 16.2. The zero-order valence-corrected chi connectivity index (χ0v) is 31.9. The molecule has 5 aliphatic rings. The van der Waals surface area contributed by atoms with Crippen LogP contribution in [0.3, 0.4) is 0 Å². The summed E-state index contributed by atoms with van der Waals surface area (Å²) in [5, 5.41) is 14.4. The minimum absolute atomic E-state index is 0.0200. The number of hydrogen-bond donors (Lipinski definition) is 2. The Kier molecular flexibility index (Phi) is 8.50. The second-order valence-corrected chi connectivity index (χ2v) is 16.2. The van der Waals surface area contributed by atoms with E-state index in [2.05, 4.69) is 64.0 Å². The predicted octanol–water partition coefficient (Wildman–Crippen LogP) is 4.96. The van der Waals surface area contributed by atoms with Crippen molar-refractivity contribution in [2.24, 2.45) is 5.92 Å². The molecule has 4 aromatic rings. The number of nitrogens with zero attached hydrogens (tertiary/aromatic N) is 6. The Bertz CT molecular complexity index is 2410. The van der Waals surface area contributed by atoms with E-state index in [-0.39, 0.29) is 29.9 Å². The highest BCUT2D eigenvalue weighted by Gasteiger charge is 2.44. The molecule has 9 rings (SSSR count). The molecule has 0 spiro atoms. The number of hydrazine groups is 1. The molecule has 13 nitrogen and oxygen atoms in total. The molecular formula is C43H44N8O5. The van der Waals surface area contributed by atoms with E-state index in [1.165, 1.54) is 11.3 Å². The molecule has 5 amide bonds. The molecule has 3 saturated heterocycles. The van der Waals surface area contributed by atoms with Gasteiger partial charge in [0.1, 0.15) is 0 Å². The van der Waals surface area contributed by atoms with Crippen LogP contribution in [0.2, 0.25) is 0 Å². The van der Waals surface area contributed by atoms with Crippen LogP contribution in [0.15, 0.2) is 48.5 Å². The third-order valence-electron chi connectivity index (χ3n) is 12.6. The number of hydrogen-bond acceptors (Lipinski definition) is 9. The number of rotatable bonds is 6. The minimum atomic E-state index is -0.770. The van der Waals surface area contributed by atoms with Crippen LogP contribution < -0.4 is 15.1 Å². The van der Waals surface area contributed by atoms with Crippen molar-refractivity contribution in [1.29, 1.82) is 5.26 Å². The second-order valence-electron chi connectivity index (χ2n) is 16.2. The monoisotopic (exact) mass is 752 g/mol. The Morgan fingerprint density at radius 1 is 0.821 bits per heavy atom. The van der Waals surface area contributed by atoms with E-state index in [1.807, 2.05) is 18.2 Å². The van der Waals surface area contributed by atoms with E-state index in [1.54, 1.807) is 18.2 Å². The molecule has 0 unspecified atom stereocenters. The van der Waals surface area contributed by atoms with Crippen molar-refractivity contribution in [3.8, 4) is 6.07 Å². The molecule has 13 heteroatoms. The lowest BCUT2D eigenvalue weighted by Crippen LogP contribution is -2.58. The van der Waals surface area contributed by atoms with E-state index in [0.29, 0.717) is 17.0 Å². The third-order valence-corrected chi connectivity index (χ3v) is 12.6. The van der Waals surface area contributed by atoms with Gasteiger partial charge in [0.05, 0.1) is 34.9 Å². The Labute approximate surface area is 324 Å². The lowest BCUT2D eigenvalue weighted by molar-refractivity contribution is -0.122. The second kappa shape index (κ2) is 13.3. The number of carbonyl (C=O) groups is 5. The topological polar surface area (TPSA) is 153 Å². The first-order chi connectivity index (χ1) is 27.0. The van der Waals surface area contributed by atoms with Gasteiger partial charge in [-0.25, -0.2) is 9.80 Å². The molecule has 1 aromatic heterocycles. The Morgan fingerprint density at radius 2 is 1.57 bits per heavy atom. The fraction of sp³-hybridized carbons (Fsp3) is 0.395. The van der Waals surface area contributed by atoms with Crippen LogP contribution in [0.25, 0.3) is 10.9 Å². The number of aromatic nitrogens is 1. The summed E-state index contributed by atoms with van der Waals surface area (Å²) in [4.78, 5) is 75.4. The van der Waals surface area contributed by atoms with Gasteiger partial charge in [-0.2, -0.15) is 10.3 Å². The molecule has 3 fully saturated rings. The number of piperidine rings is 1. The maximum absolute atomic E-state index is 14.1. The van der Waals surface area contributed by atoms with E-state index >= 15 is 0 Å². The fourth-order valence-corrected chi connectivity index (χ4v) is 9.44. The van der Waals surface area contributed by atoms with Crippen molar-refractivity contribution < 1.29 is 24.0 Å². The molecule has 0 bridgehead atoms. The maximum Gasteiger partial charge on any atom is 0.343 e. The smallest absolute Gasteiger partial charge is 0.343 e. The van der Waals surface area contributed by atoms with E-state index < -0.39 is 29.2 Å². The number of imide groups is 2. The standard InChI is InChI=1S/C43H44N8O5/c1-4-27-20-32-33(43(2,3)39-37(38(32)53)30-7-5-26(23-44)19-34(30)45-39)22-35(27)49-17-15-47(16-18-49)24-25-9-12-48(13-10-25)28-6-8-29-31(21-28)41(55)51(40(29)54)50-14-11-36(52)46-42(50)56/h5-8,19-22,25,45H,4,9-18,24H2,1-3H3,(H,46,52,56). The number of aromatic amines is 1. The third kappa shape index (κ3) is 5.65. The number of ketones is 1. The SMILES string of the molecule is CCc1cc2c(cc1N1CCN(CC3CCN(c4ccc5c(c4)C(=O)N(N4CCC(=O)NC4=O)C5=O)CC3)CC1)C(C)(C)c1[nH]c3cc(C#N)ccc3c1C2=O. The van der Waals surface area contributed by atoms with Crippen LogP contribution in [-0.4, -0.2) is 102 Å². The summed E-state index contributed by atoms with van der Waals surface area (Å²) in [5.74, 6) is -0.959. The molecule has 3 aromatic carbocycles. The zero-order chi connectivity index (χ0) is 39.0. The fourth-order valence-electron chi connectivity index (χ4n) is 9.44. The van der Waals surface area contributed by atoms with Gasteiger partial charge in [0.2, 0.25) is 5.91 Å². The number of urea groups is 1. The van der Waals surface area contributed by atoms with Gasteiger partial charge in [0.25, 0.3) is 11.8 Å². The maximum atomic E-state index is 14.1. The van der Waals surface area contributed by atoms with Crippen LogP contribution in [0, 0.1) is 17.2 Å². The van der Waals surface area contributed by atoms with Gasteiger partial charge < -0.3 is 14.8 Å². The minimum Gasteiger partial charge on any atom is -0.371 e. The molecule has 1 aliphatic carbocycles. The van der Waals surface area contributed by atoms with E-state index in [0.717, 1.165) is 109 Å². The van der Waals surface area contributed by atoms with Crippen LogP contribution in [0.1, 0.15) is 99.1 Å². The predicted molar refractivity (Wildman–Crippen MR) is 210 cm³/mol. The van der Waals surface area contributed by atoms with Crippen molar-refractivity contribution in [3.05, 3.63) is 93.2 Å². The Balaban J connectivity index is 0.835. The van der Waals surface area contributed by atoms with Crippen LogP contribution in [-0.2, 0) is 16.6 Å². The number of amides is 5. The van der Waals surface area contributed by atoms with Crippen molar-refractivity contribution in [1.82, 2.24) is 25.2 Å². The summed E-state index contributed by atoms with van der Waals surface area (Å²) in [6.45, 7) is 12.9. The highest BCUT2D eigenvalue weighted by molar-refractivity contribution is 6.22. The summed E-state index contributed by atoms with van der Waals surface area (Å²) in [6, 6.07) is 16.6. The Morgan fingerprint density at radius 3 is 2.29 bits per heavy atom. The number of fused-ring (bicyclic) bond motifs is 5. The molecular weight excluding hydrogens is 709 g/mol. The summed E-state index contributed by atoms with van der Waals surface area (Å²) in [7, 11) is 0. The number of nitrogens with one attached hydrogen (secondary N) is 2. The van der Waals surface area contributed by atoms with Crippen molar-refractivity contribution in [2.75, 3.05) is 62.2 Å². The quantitative estimate of drug-likeness (QED) is 0.260. The van der Waals surface area contributed by atoms with Gasteiger partial charge >= 0.3 is 6.03 Å². The van der Waals surface area contributed by atoms with Gasteiger partial charge in [-0.05, 0) is 78.8 Å². The lowest BCUT2D eigenvalue weighted by Gasteiger charge is -2.41. The average Bonchev–Trinajstić information content (AvgIpc) is 3.72. The number of benzene rings is 3. The number of aryl methyl sites for hydroxylation is 1. The number of carbonyl (C=O) groups excluding carboxylic acids is 5. The molecule has 0 atom stereocenters. The van der Waals surface area contributed by atoms with Crippen LogP contribution in [0.5, 0.6) is 0 Å². The van der Waals surface area contributed by atoms with Crippen LogP contribution in [0.4, 0.5) is 16.2 Å². The van der Waals surface area contributed by atoms with Crippen molar-refractivity contribution in [3.63, 3.8) is 0 Å². The van der Waals surface area contributed by atoms with Gasteiger partial charge in [0, 0.05) is 91.2 Å². The van der Waals surface area contributed by atoms with Gasteiger partial charge in [0.15, 0.2) is 5.78 Å². The average molecular weight is 753 g/mol. The molecule has 5 heterocycles. The van der Waals surface area contributed by atoms with Crippen LogP contribution >= 0.6 is 0 Å². The highest BCUT2D eigenvalue weighted by Crippen LogP contribution is 2.46. The van der Waals surface area contributed by atoms with Crippen molar-refractivity contribution >= 4 is 51.8 Å². The first kappa shape index (κ1) is 35.7. The summed E-state index contributed by atoms with van der Waals surface area (Å²) in [5.41, 5.74) is 8.18. The molecule has 4 aliphatic heterocycles. The first-order valence-electron chi connectivity index (χ1n) is 19.6. The lowest BCUT2D eigenvalue weighted by atomic mass is 9.70. The summed E-state index contributed by atoms with van der Waals surface area (Å²) >= 11 is 0. The van der Waals surface area contributed by atoms with E-state index in [4.69, 9.17) is 0 Å². The molecule has 286 valence electrons. The molecule has 56 heavy (non-hydrogen) atoms. The number of nitriles is 1. The first-order valence-corrected chi connectivity index (χ1v) is 19.6. The van der Waals surface area contributed by atoms with E-state index in [9.17, 15) is 29.2 Å². The molecule has 0 radical (unpaired) electrons. The van der Waals surface area contributed by atoms with Gasteiger partial charge in [-0.3, -0.25) is 29.4 Å². The normalized spacial score (nSPS) is 20.0. The zero-order valence-electron chi connectivity index (χ0n) is 31.9. The van der Waals surface area contributed by atoms with Gasteiger partial charge in [-0.15, -0.1) is 0 Å².